The van der Waals surface area contributed by atoms with Gasteiger partial charge in [0.15, 0.2) is 0 Å². The van der Waals surface area contributed by atoms with E-state index in [9.17, 15) is 0 Å². The van der Waals surface area contributed by atoms with Crippen molar-refractivity contribution in [3.63, 3.8) is 0 Å². The van der Waals surface area contributed by atoms with Gasteiger partial charge in [-0.15, -0.1) is 0 Å². The quantitative estimate of drug-likeness (QED) is 0.709. The van der Waals surface area contributed by atoms with Gasteiger partial charge in [-0.3, -0.25) is 4.90 Å². The van der Waals surface area contributed by atoms with Crippen LogP contribution in [0.5, 0.6) is 5.75 Å². The molecule has 0 bridgehead atoms. The Morgan fingerprint density at radius 1 is 1.10 bits per heavy atom. The van der Waals surface area contributed by atoms with E-state index in [2.05, 4.69) is 62.2 Å². The number of nitrogens with one attached hydrogen (secondary N) is 1. The molecule has 120 valence electrons. The molecule has 0 aromatic heterocycles. The average Bonchev–Trinajstić information content (AvgIpc) is 2.52. The number of likely N-dealkylation sites (N-methyl/N-ethyl adjacent to an activating group) is 2. The molecule has 0 fully saturated rings. The van der Waals surface area contributed by atoms with Crippen LogP contribution in [0.4, 0.5) is 0 Å². The number of hydrogen-bond donors (Lipinski definition) is 1. The molecule has 1 N–H and O–H groups in total. The molecule has 0 amide bonds. The Balaban J connectivity index is 2.79. The normalized spacial score (nSPS) is 14.2. The number of benzene rings is 1. The summed E-state index contributed by atoms with van der Waals surface area (Å²) in [5, 5.41) is 3.61. The SMILES string of the molecule is CCNC(CN(CC)C(C)CC)c1ccc(OCC)cc1. The van der Waals surface area contributed by atoms with Crippen molar-refractivity contribution in [2.24, 2.45) is 0 Å². The fraction of sp³-hybridized carbons (Fsp3) is 0.667. The summed E-state index contributed by atoms with van der Waals surface area (Å²) in [7, 11) is 0. The molecular formula is C18H32N2O. The number of nitrogens with zero attached hydrogens (tertiary/aromatic N) is 1. The highest BCUT2D eigenvalue weighted by Gasteiger charge is 2.17. The fourth-order valence-electron chi connectivity index (χ4n) is 2.61. The van der Waals surface area contributed by atoms with Crippen molar-refractivity contribution in [3.8, 4) is 5.75 Å². The average molecular weight is 292 g/mol. The molecule has 0 aliphatic rings. The summed E-state index contributed by atoms with van der Waals surface area (Å²) >= 11 is 0. The summed E-state index contributed by atoms with van der Waals surface area (Å²) < 4.78 is 5.53. The molecule has 0 radical (unpaired) electrons. The topological polar surface area (TPSA) is 24.5 Å². The van der Waals surface area contributed by atoms with Crippen molar-refractivity contribution >= 4 is 0 Å². The van der Waals surface area contributed by atoms with Crippen LogP contribution in [0.2, 0.25) is 0 Å². The van der Waals surface area contributed by atoms with Gasteiger partial charge < -0.3 is 10.1 Å². The number of rotatable bonds is 10. The van der Waals surface area contributed by atoms with Crippen LogP contribution in [0.25, 0.3) is 0 Å². The first-order valence-corrected chi connectivity index (χ1v) is 8.36. The standard InChI is InChI=1S/C18H32N2O/c1-6-15(5)20(8-3)14-18(19-7-2)16-10-12-17(13-11-16)21-9-4/h10-13,15,18-19H,6-9,14H2,1-5H3. The predicted octanol–water partition coefficient (Wildman–Crippen LogP) is 3.86. The van der Waals surface area contributed by atoms with Crippen LogP contribution in [0.3, 0.4) is 0 Å². The third kappa shape index (κ3) is 5.68. The van der Waals surface area contributed by atoms with Gasteiger partial charge in [0.2, 0.25) is 0 Å². The summed E-state index contributed by atoms with van der Waals surface area (Å²) in [5.74, 6) is 0.950. The van der Waals surface area contributed by atoms with E-state index in [1.165, 1.54) is 12.0 Å². The van der Waals surface area contributed by atoms with Crippen molar-refractivity contribution in [1.29, 1.82) is 0 Å². The zero-order chi connectivity index (χ0) is 15.7. The maximum atomic E-state index is 5.53. The smallest absolute Gasteiger partial charge is 0.119 e. The first kappa shape index (κ1) is 18.0. The van der Waals surface area contributed by atoms with Gasteiger partial charge in [0, 0.05) is 18.6 Å². The van der Waals surface area contributed by atoms with E-state index >= 15 is 0 Å². The second-order valence-corrected chi connectivity index (χ2v) is 5.46. The van der Waals surface area contributed by atoms with Gasteiger partial charge in [-0.2, -0.15) is 0 Å². The van der Waals surface area contributed by atoms with E-state index in [-0.39, 0.29) is 0 Å². The molecule has 1 rings (SSSR count). The minimum atomic E-state index is 0.375. The Labute approximate surface area is 130 Å². The second kappa shape index (κ2) is 9.80. The lowest BCUT2D eigenvalue weighted by Crippen LogP contribution is -2.40. The van der Waals surface area contributed by atoms with Gasteiger partial charge in [-0.25, -0.2) is 0 Å². The van der Waals surface area contributed by atoms with E-state index in [1.54, 1.807) is 0 Å². The summed E-state index contributed by atoms with van der Waals surface area (Å²) in [6, 6.07) is 9.51. The Kier molecular flexibility index (Phi) is 8.40. The zero-order valence-corrected chi connectivity index (χ0v) is 14.4. The Morgan fingerprint density at radius 3 is 2.24 bits per heavy atom. The number of hydrogen-bond acceptors (Lipinski definition) is 3. The van der Waals surface area contributed by atoms with Crippen LogP contribution in [0.1, 0.15) is 52.6 Å². The van der Waals surface area contributed by atoms with Crippen LogP contribution in [-0.2, 0) is 0 Å². The summed E-state index contributed by atoms with van der Waals surface area (Å²) in [5.41, 5.74) is 1.34. The van der Waals surface area contributed by atoms with Gasteiger partial charge in [0.05, 0.1) is 6.61 Å². The maximum Gasteiger partial charge on any atom is 0.119 e. The van der Waals surface area contributed by atoms with E-state index in [1.807, 2.05) is 6.92 Å². The Hall–Kier alpha value is -1.06. The molecule has 0 spiro atoms. The molecular weight excluding hydrogens is 260 g/mol. The van der Waals surface area contributed by atoms with Gasteiger partial charge in [0.1, 0.15) is 5.75 Å². The minimum Gasteiger partial charge on any atom is -0.494 e. The van der Waals surface area contributed by atoms with E-state index in [0.29, 0.717) is 18.7 Å². The monoisotopic (exact) mass is 292 g/mol. The van der Waals surface area contributed by atoms with Gasteiger partial charge in [-0.05, 0) is 51.1 Å². The maximum absolute atomic E-state index is 5.53. The Morgan fingerprint density at radius 2 is 1.76 bits per heavy atom. The van der Waals surface area contributed by atoms with Gasteiger partial charge in [0.25, 0.3) is 0 Å². The number of ether oxygens (including phenoxy) is 1. The van der Waals surface area contributed by atoms with E-state index in [0.717, 1.165) is 25.4 Å². The highest BCUT2D eigenvalue weighted by atomic mass is 16.5. The molecule has 21 heavy (non-hydrogen) atoms. The molecule has 0 heterocycles. The molecule has 1 aromatic carbocycles. The van der Waals surface area contributed by atoms with E-state index < -0.39 is 0 Å². The first-order valence-electron chi connectivity index (χ1n) is 8.36. The van der Waals surface area contributed by atoms with Crippen molar-refractivity contribution in [2.45, 2.75) is 53.1 Å². The molecule has 3 nitrogen and oxygen atoms in total. The molecule has 3 heteroatoms. The van der Waals surface area contributed by atoms with Crippen LogP contribution in [0, 0.1) is 0 Å². The van der Waals surface area contributed by atoms with Crippen molar-refractivity contribution in [1.82, 2.24) is 10.2 Å². The highest BCUT2D eigenvalue weighted by Crippen LogP contribution is 2.20. The van der Waals surface area contributed by atoms with Crippen LogP contribution >= 0.6 is 0 Å². The fourth-order valence-corrected chi connectivity index (χ4v) is 2.61. The molecule has 1 aromatic rings. The molecule has 0 saturated carbocycles. The molecule has 0 aliphatic heterocycles. The summed E-state index contributed by atoms with van der Waals surface area (Å²) in [6.07, 6.45) is 1.19. The van der Waals surface area contributed by atoms with Crippen LogP contribution in [-0.4, -0.2) is 37.2 Å². The zero-order valence-electron chi connectivity index (χ0n) is 14.4. The Bertz CT molecular complexity index is 377. The van der Waals surface area contributed by atoms with Crippen LogP contribution in [0.15, 0.2) is 24.3 Å². The summed E-state index contributed by atoms with van der Waals surface area (Å²) in [6.45, 7) is 14.8. The lowest BCUT2D eigenvalue weighted by Gasteiger charge is -2.31. The lowest BCUT2D eigenvalue weighted by molar-refractivity contribution is 0.192. The molecule has 2 unspecified atom stereocenters. The van der Waals surface area contributed by atoms with Gasteiger partial charge in [-0.1, -0.05) is 32.9 Å². The van der Waals surface area contributed by atoms with Crippen molar-refractivity contribution in [3.05, 3.63) is 29.8 Å². The highest BCUT2D eigenvalue weighted by molar-refractivity contribution is 5.29. The largest absolute Gasteiger partial charge is 0.494 e. The van der Waals surface area contributed by atoms with Crippen LogP contribution < -0.4 is 10.1 Å². The molecule has 0 saturated heterocycles. The van der Waals surface area contributed by atoms with Crippen molar-refractivity contribution in [2.75, 3.05) is 26.2 Å². The minimum absolute atomic E-state index is 0.375. The second-order valence-electron chi connectivity index (χ2n) is 5.46. The third-order valence-electron chi connectivity index (χ3n) is 4.08. The molecule has 0 aliphatic carbocycles. The van der Waals surface area contributed by atoms with Crippen molar-refractivity contribution < 1.29 is 4.74 Å². The summed E-state index contributed by atoms with van der Waals surface area (Å²) in [4.78, 5) is 2.55. The van der Waals surface area contributed by atoms with Gasteiger partial charge >= 0.3 is 0 Å². The lowest BCUT2D eigenvalue weighted by atomic mass is 10.0. The first-order chi connectivity index (χ1) is 10.2. The predicted molar refractivity (Wildman–Crippen MR) is 91.0 cm³/mol. The third-order valence-corrected chi connectivity index (χ3v) is 4.08. The van der Waals surface area contributed by atoms with E-state index in [4.69, 9.17) is 4.74 Å². The molecule has 2 atom stereocenters.